The van der Waals surface area contributed by atoms with E-state index in [1.54, 1.807) is 7.11 Å². The van der Waals surface area contributed by atoms with Crippen molar-refractivity contribution in [1.82, 2.24) is 20.2 Å². The second-order valence-electron chi connectivity index (χ2n) is 7.79. The molecule has 8 heteroatoms. The Hall–Kier alpha value is -3.00. The van der Waals surface area contributed by atoms with Crippen molar-refractivity contribution in [2.45, 2.75) is 38.4 Å². The molecule has 1 unspecified atom stereocenters. The highest BCUT2D eigenvalue weighted by Gasteiger charge is 2.17. The van der Waals surface area contributed by atoms with E-state index in [1.165, 1.54) is 22.0 Å². The van der Waals surface area contributed by atoms with Gasteiger partial charge < -0.3 is 15.9 Å². The first-order valence-corrected chi connectivity index (χ1v) is 11.2. The van der Waals surface area contributed by atoms with E-state index in [2.05, 4.69) is 53.6 Å². The van der Waals surface area contributed by atoms with Gasteiger partial charge in [-0.2, -0.15) is 0 Å². The monoisotopic (exact) mass is 439 g/mol. The molecule has 1 amide bonds. The molecule has 31 heavy (non-hydrogen) atoms. The summed E-state index contributed by atoms with van der Waals surface area (Å²) in [6.07, 6.45) is 1.05. The summed E-state index contributed by atoms with van der Waals surface area (Å²) in [4.78, 5) is 12.5. The van der Waals surface area contributed by atoms with Crippen LogP contribution in [-0.4, -0.2) is 33.6 Å². The summed E-state index contributed by atoms with van der Waals surface area (Å²) >= 11 is 1.24. The van der Waals surface area contributed by atoms with E-state index >= 15 is 0 Å². The quantitative estimate of drug-likeness (QED) is 0.389. The molecule has 0 aliphatic rings. The standard InChI is InChI=1S/C23H29N5O2S/c1-15(2)13-17-9-11-18(12-10-17)16(3)25-21(29)14-31-23-27-26-22(28(23)24)19-7-5-6-8-20(19)30-4/h5-12,15-16H,13-14,24H2,1-4H3,(H,25,29). The Labute approximate surface area is 187 Å². The molecule has 7 nitrogen and oxygen atoms in total. The second kappa shape index (κ2) is 10.3. The molecule has 0 saturated carbocycles. The van der Waals surface area contributed by atoms with Crippen molar-refractivity contribution in [3.8, 4) is 17.1 Å². The van der Waals surface area contributed by atoms with Crippen LogP contribution in [-0.2, 0) is 11.2 Å². The number of para-hydroxylation sites is 1. The molecule has 3 rings (SSSR count). The van der Waals surface area contributed by atoms with Crippen LogP contribution in [0.2, 0.25) is 0 Å². The number of rotatable bonds is 9. The van der Waals surface area contributed by atoms with Gasteiger partial charge in [0.25, 0.3) is 0 Å². The minimum atomic E-state index is -0.0920. The predicted octanol–water partition coefficient (Wildman–Crippen LogP) is 3.84. The van der Waals surface area contributed by atoms with Crippen molar-refractivity contribution in [3.63, 3.8) is 0 Å². The topological polar surface area (TPSA) is 95.1 Å². The molecule has 0 aliphatic carbocycles. The third-order valence-corrected chi connectivity index (χ3v) is 5.79. The number of amides is 1. The number of nitrogens with one attached hydrogen (secondary N) is 1. The van der Waals surface area contributed by atoms with Crippen LogP contribution in [0, 0.1) is 5.92 Å². The van der Waals surface area contributed by atoms with Crippen LogP contribution in [0.15, 0.2) is 53.7 Å². The van der Waals surface area contributed by atoms with Crippen molar-refractivity contribution >= 4 is 17.7 Å². The molecule has 1 atom stereocenters. The van der Waals surface area contributed by atoms with Crippen molar-refractivity contribution in [2.24, 2.45) is 5.92 Å². The van der Waals surface area contributed by atoms with Crippen LogP contribution in [0.5, 0.6) is 5.75 Å². The Morgan fingerprint density at radius 3 is 2.52 bits per heavy atom. The molecular formula is C23H29N5O2S. The lowest BCUT2D eigenvalue weighted by Gasteiger charge is -2.15. The number of thioether (sulfide) groups is 1. The lowest BCUT2D eigenvalue weighted by atomic mass is 10.00. The van der Waals surface area contributed by atoms with Crippen LogP contribution >= 0.6 is 11.8 Å². The summed E-state index contributed by atoms with van der Waals surface area (Å²) in [5, 5.41) is 11.8. The first-order chi connectivity index (χ1) is 14.9. The molecule has 164 valence electrons. The summed E-state index contributed by atoms with van der Waals surface area (Å²) in [5.74, 6) is 8.03. The van der Waals surface area contributed by atoms with Crippen LogP contribution in [0.4, 0.5) is 0 Å². The Morgan fingerprint density at radius 1 is 1.13 bits per heavy atom. The van der Waals surface area contributed by atoms with Crippen LogP contribution < -0.4 is 15.9 Å². The summed E-state index contributed by atoms with van der Waals surface area (Å²) in [6.45, 7) is 6.39. The smallest absolute Gasteiger partial charge is 0.230 e. The van der Waals surface area contributed by atoms with Gasteiger partial charge in [-0.3, -0.25) is 4.79 Å². The number of nitrogens with two attached hydrogens (primary N) is 1. The van der Waals surface area contributed by atoms with Gasteiger partial charge in [-0.25, -0.2) is 4.68 Å². The first kappa shape index (κ1) is 22.7. The number of nitrogens with zero attached hydrogens (tertiary/aromatic N) is 3. The van der Waals surface area contributed by atoms with Gasteiger partial charge in [-0.05, 0) is 42.5 Å². The van der Waals surface area contributed by atoms with Gasteiger partial charge in [0.2, 0.25) is 11.1 Å². The molecular weight excluding hydrogens is 410 g/mol. The van der Waals surface area contributed by atoms with E-state index < -0.39 is 0 Å². The Bertz CT molecular complexity index is 1020. The van der Waals surface area contributed by atoms with Gasteiger partial charge in [0, 0.05) is 0 Å². The van der Waals surface area contributed by atoms with E-state index in [-0.39, 0.29) is 17.7 Å². The Morgan fingerprint density at radius 2 is 1.84 bits per heavy atom. The van der Waals surface area contributed by atoms with Gasteiger partial charge in [-0.15, -0.1) is 10.2 Å². The van der Waals surface area contributed by atoms with Crippen molar-refractivity contribution in [2.75, 3.05) is 18.7 Å². The largest absolute Gasteiger partial charge is 0.496 e. The van der Waals surface area contributed by atoms with Gasteiger partial charge >= 0.3 is 0 Å². The van der Waals surface area contributed by atoms with Gasteiger partial charge in [0.1, 0.15) is 5.75 Å². The molecule has 0 bridgehead atoms. The maximum atomic E-state index is 12.5. The fourth-order valence-corrected chi connectivity index (χ4v) is 3.97. The number of hydrogen-bond donors (Lipinski definition) is 2. The number of methoxy groups -OCH3 is 1. The minimum Gasteiger partial charge on any atom is -0.496 e. The van der Waals surface area contributed by atoms with Crippen LogP contribution in [0.3, 0.4) is 0 Å². The molecule has 0 spiro atoms. The van der Waals surface area contributed by atoms with Gasteiger partial charge in [0.15, 0.2) is 5.82 Å². The fraction of sp³-hybridized carbons (Fsp3) is 0.348. The van der Waals surface area contributed by atoms with Crippen molar-refractivity contribution in [1.29, 1.82) is 0 Å². The molecule has 0 aliphatic heterocycles. The lowest BCUT2D eigenvalue weighted by molar-refractivity contribution is -0.119. The third-order valence-electron chi connectivity index (χ3n) is 4.85. The number of carbonyl (C=O) groups excluding carboxylic acids is 1. The fourth-order valence-electron chi connectivity index (χ4n) is 3.30. The molecule has 3 N–H and O–H groups in total. The maximum absolute atomic E-state index is 12.5. The number of aromatic nitrogens is 3. The van der Waals surface area contributed by atoms with Crippen molar-refractivity contribution in [3.05, 3.63) is 59.7 Å². The predicted molar refractivity (Wildman–Crippen MR) is 124 cm³/mol. The summed E-state index contributed by atoms with van der Waals surface area (Å²) < 4.78 is 6.75. The zero-order valence-electron chi connectivity index (χ0n) is 18.3. The SMILES string of the molecule is COc1ccccc1-c1nnc(SCC(=O)NC(C)c2ccc(CC(C)C)cc2)n1N. The molecule has 0 fully saturated rings. The van der Waals surface area contributed by atoms with E-state index in [9.17, 15) is 4.79 Å². The number of benzene rings is 2. The Balaban J connectivity index is 1.58. The highest BCUT2D eigenvalue weighted by molar-refractivity contribution is 7.99. The number of hydrogen-bond acceptors (Lipinski definition) is 6. The zero-order valence-corrected chi connectivity index (χ0v) is 19.1. The maximum Gasteiger partial charge on any atom is 0.230 e. The van der Waals surface area contributed by atoms with E-state index in [1.807, 2.05) is 31.2 Å². The van der Waals surface area contributed by atoms with E-state index in [4.69, 9.17) is 10.6 Å². The normalized spacial score (nSPS) is 12.0. The molecule has 1 heterocycles. The number of ether oxygens (including phenoxy) is 1. The molecule has 0 radical (unpaired) electrons. The second-order valence-corrected chi connectivity index (χ2v) is 8.74. The molecule has 2 aromatic carbocycles. The highest BCUT2D eigenvalue weighted by atomic mass is 32.2. The molecule has 0 saturated heterocycles. The van der Waals surface area contributed by atoms with Crippen LogP contribution in [0.1, 0.15) is 37.9 Å². The van der Waals surface area contributed by atoms with Crippen LogP contribution in [0.25, 0.3) is 11.4 Å². The first-order valence-electron chi connectivity index (χ1n) is 10.2. The Kier molecular flexibility index (Phi) is 7.57. The van der Waals surface area contributed by atoms with Crippen molar-refractivity contribution < 1.29 is 9.53 Å². The lowest BCUT2D eigenvalue weighted by Crippen LogP contribution is -2.28. The average molecular weight is 440 g/mol. The van der Waals surface area contributed by atoms with E-state index in [0.717, 1.165) is 17.5 Å². The van der Waals surface area contributed by atoms with Gasteiger partial charge in [-0.1, -0.05) is 62.0 Å². The zero-order chi connectivity index (χ0) is 22.4. The van der Waals surface area contributed by atoms with Gasteiger partial charge in [0.05, 0.1) is 24.5 Å². The minimum absolute atomic E-state index is 0.0823. The average Bonchev–Trinajstić information content (AvgIpc) is 3.12. The van der Waals surface area contributed by atoms with E-state index in [0.29, 0.717) is 22.6 Å². The summed E-state index contributed by atoms with van der Waals surface area (Å²) in [5.41, 5.74) is 3.12. The highest BCUT2D eigenvalue weighted by Crippen LogP contribution is 2.29. The third kappa shape index (κ3) is 5.79. The molecule has 1 aromatic heterocycles. The summed E-state index contributed by atoms with van der Waals surface area (Å²) in [6, 6.07) is 15.8. The molecule has 3 aromatic rings. The number of carbonyl (C=O) groups is 1. The number of nitrogen functional groups attached to an aromatic ring is 1. The summed E-state index contributed by atoms with van der Waals surface area (Å²) in [7, 11) is 1.59.